The number of fused-ring (bicyclic) bond motifs is 3. The molecule has 1 atom stereocenters. The third kappa shape index (κ3) is 2.97. The highest BCUT2D eigenvalue weighted by molar-refractivity contribution is 6.14. The molecule has 1 spiro atoms. The molecular formula is C25H25N3O3. The van der Waals surface area contributed by atoms with Gasteiger partial charge in [-0.1, -0.05) is 49.4 Å². The number of carbonyl (C=O) groups is 3. The van der Waals surface area contributed by atoms with Crippen molar-refractivity contribution in [3.63, 3.8) is 0 Å². The number of hydrogen-bond acceptors (Lipinski definition) is 3. The molecule has 6 heteroatoms. The molecule has 0 bridgehead atoms. The fraction of sp³-hybridized carbons (Fsp3) is 0.320. The van der Waals surface area contributed by atoms with E-state index in [2.05, 4.69) is 17.2 Å². The van der Waals surface area contributed by atoms with Gasteiger partial charge in [0.05, 0.1) is 6.54 Å². The predicted octanol–water partition coefficient (Wildman–Crippen LogP) is 4.09. The molecule has 0 radical (unpaired) electrons. The molecule has 1 aliphatic carbocycles. The number of benzene rings is 2. The van der Waals surface area contributed by atoms with Crippen LogP contribution in [-0.2, 0) is 23.2 Å². The molecule has 1 saturated heterocycles. The van der Waals surface area contributed by atoms with Crippen molar-refractivity contribution >= 4 is 28.6 Å². The number of aromatic amines is 1. The summed E-state index contributed by atoms with van der Waals surface area (Å²) in [6.07, 6.45) is 5.77. The molecule has 0 unspecified atom stereocenters. The predicted molar refractivity (Wildman–Crippen MR) is 118 cm³/mol. The fourth-order valence-corrected chi connectivity index (χ4v) is 5.09. The summed E-state index contributed by atoms with van der Waals surface area (Å²) in [7, 11) is 0. The van der Waals surface area contributed by atoms with E-state index in [1.54, 1.807) is 6.20 Å². The van der Waals surface area contributed by atoms with Crippen molar-refractivity contribution in [1.29, 1.82) is 0 Å². The number of urea groups is 1. The number of Topliss-reactive ketones (excluding diaryl/α,β-unsaturated/α-hetero) is 1. The van der Waals surface area contributed by atoms with Crippen LogP contribution >= 0.6 is 0 Å². The molecule has 1 aliphatic heterocycles. The number of imide groups is 1. The number of aryl methyl sites for hydroxylation is 2. The number of ketones is 1. The van der Waals surface area contributed by atoms with E-state index in [1.165, 1.54) is 0 Å². The van der Waals surface area contributed by atoms with Crippen LogP contribution in [0, 0.1) is 0 Å². The Hall–Kier alpha value is -3.41. The number of nitrogens with one attached hydrogen (secondary N) is 2. The molecule has 1 aromatic heterocycles. The van der Waals surface area contributed by atoms with E-state index in [0.29, 0.717) is 12.0 Å². The van der Waals surface area contributed by atoms with Crippen molar-refractivity contribution in [3.8, 4) is 0 Å². The summed E-state index contributed by atoms with van der Waals surface area (Å²) >= 11 is 0. The van der Waals surface area contributed by atoms with Gasteiger partial charge < -0.3 is 10.3 Å². The van der Waals surface area contributed by atoms with Crippen LogP contribution in [0.25, 0.3) is 10.9 Å². The molecule has 0 saturated carbocycles. The summed E-state index contributed by atoms with van der Waals surface area (Å²) in [6, 6.07) is 13.2. The molecule has 3 aromatic rings. The van der Waals surface area contributed by atoms with Gasteiger partial charge in [-0.3, -0.25) is 14.5 Å². The standard InChI is InChI=1S/C25H25N3O3/c1-2-16-10-7-11-18-19(14-26-22(16)18)21(29)15-28-23(30)25(27-24(28)31)13-6-5-9-17-8-3-4-12-20(17)25/h3-4,7-8,10-12,14,26H,2,5-6,9,13,15H2,1H3,(H,27,31)/t25-/m1/s1. The first-order valence-electron chi connectivity index (χ1n) is 10.9. The minimum absolute atomic E-state index is 0.248. The number of H-pyrrole nitrogens is 1. The molecule has 2 heterocycles. The van der Waals surface area contributed by atoms with E-state index >= 15 is 0 Å². The summed E-state index contributed by atoms with van der Waals surface area (Å²) in [6.45, 7) is 1.80. The highest BCUT2D eigenvalue weighted by Crippen LogP contribution is 2.39. The van der Waals surface area contributed by atoms with Crippen LogP contribution in [0.1, 0.15) is 53.2 Å². The first-order chi connectivity index (χ1) is 15.0. The van der Waals surface area contributed by atoms with Crippen LogP contribution in [-0.4, -0.2) is 34.2 Å². The van der Waals surface area contributed by atoms with Gasteiger partial charge in [-0.25, -0.2) is 4.79 Å². The molecule has 3 amide bonds. The van der Waals surface area contributed by atoms with Gasteiger partial charge >= 0.3 is 6.03 Å². The van der Waals surface area contributed by atoms with E-state index in [1.807, 2.05) is 42.5 Å². The van der Waals surface area contributed by atoms with Crippen LogP contribution in [0.5, 0.6) is 0 Å². The zero-order chi connectivity index (χ0) is 21.6. The minimum atomic E-state index is -1.07. The van der Waals surface area contributed by atoms with Crippen molar-refractivity contribution in [3.05, 3.63) is 70.9 Å². The average Bonchev–Trinajstić information content (AvgIpc) is 3.25. The lowest BCUT2D eigenvalue weighted by Crippen LogP contribution is -2.44. The SMILES string of the molecule is CCc1cccc2c(C(=O)CN3C(=O)N[C@@]4(CCCCc5ccccc54)C3=O)c[nH]c12. The van der Waals surface area contributed by atoms with Crippen molar-refractivity contribution in [1.82, 2.24) is 15.2 Å². The Bertz CT molecular complexity index is 1210. The average molecular weight is 415 g/mol. The summed E-state index contributed by atoms with van der Waals surface area (Å²) in [5, 5.41) is 3.77. The van der Waals surface area contributed by atoms with Gasteiger partial charge in [-0.2, -0.15) is 0 Å². The van der Waals surface area contributed by atoms with Gasteiger partial charge in [0.15, 0.2) is 5.78 Å². The molecule has 31 heavy (non-hydrogen) atoms. The van der Waals surface area contributed by atoms with Crippen molar-refractivity contribution in [2.75, 3.05) is 6.54 Å². The summed E-state index contributed by atoms with van der Waals surface area (Å²) < 4.78 is 0. The van der Waals surface area contributed by atoms with Crippen LogP contribution in [0.15, 0.2) is 48.7 Å². The molecule has 1 fully saturated rings. The minimum Gasteiger partial charge on any atom is -0.360 e. The lowest BCUT2D eigenvalue weighted by molar-refractivity contribution is -0.131. The zero-order valence-electron chi connectivity index (χ0n) is 17.5. The van der Waals surface area contributed by atoms with Gasteiger partial charge in [0.25, 0.3) is 5.91 Å². The first kappa shape index (κ1) is 19.5. The summed E-state index contributed by atoms with van der Waals surface area (Å²) in [5.41, 5.74) is 3.44. The Morgan fingerprint density at radius 2 is 1.94 bits per heavy atom. The van der Waals surface area contributed by atoms with Gasteiger partial charge in [-0.05, 0) is 48.8 Å². The fourth-order valence-electron chi connectivity index (χ4n) is 5.09. The molecule has 2 aliphatic rings. The zero-order valence-corrected chi connectivity index (χ0v) is 17.5. The van der Waals surface area contributed by atoms with Gasteiger partial charge in [0.1, 0.15) is 5.54 Å². The maximum absolute atomic E-state index is 13.6. The number of hydrogen-bond donors (Lipinski definition) is 2. The van der Waals surface area contributed by atoms with Crippen LogP contribution < -0.4 is 5.32 Å². The van der Waals surface area contributed by atoms with E-state index in [9.17, 15) is 14.4 Å². The largest absolute Gasteiger partial charge is 0.360 e. The second-order valence-electron chi connectivity index (χ2n) is 8.41. The van der Waals surface area contributed by atoms with Crippen LogP contribution in [0.2, 0.25) is 0 Å². The first-order valence-corrected chi connectivity index (χ1v) is 10.9. The molecule has 5 rings (SSSR count). The summed E-state index contributed by atoms with van der Waals surface area (Å²) in [5.74, 6) is -0.573. The normalized spacial score (nSPS) is 20.7. The lowest BCUT2D eigenvalue weighted by atomic mass is 9.84. The van der Waals surface area contributed by atoms with E-state index in [-0.39, 0.29) is 18.2 Å². The number of amides is 3. The Labute approximate surface area is 180 Å². The number of carbonyl (C=O) groups excluding carboxylic acids is 3. The number of para-hydroxylation sites is 1. The van der Waals surface area contributed by atoms with Crippen LogP contribution in [0.3, 0.4) is 0 Å². The van der Waals surface area contributed by atoms with E-state index in [0.717, 1.165) is 58.2 Å². The molecule has 6 nitrogen and oxygen atoms in total. The third-order valence-electron chi connectivity index (χ3n) is 6.69. The van der Waals surface area contributed by atoms with Crippen molar-refractivity contribution in [2.24, 2.45) is 0 Å². The second kappa shape index (κ2) is 7.38. The Kier molecular flexibility index (Phi) is 4.65. The number of rotatable bonds is 4. The monoisotopic (exact) mass is 415 g/mol. The number of aromatic nitrogens is 1. The smallest absolute Gasteiger partial charge is 0.325 e. The summed E-state index contributed by atoms with van der Waals surface area (Å²) in [4.78, 5) is 43.9. The maximum Gasteiger partial charge on any atom is 0.325 e. The second-order valence-corrected chi connectivity index (χ2v) is 8.41. The third-order valence-corrected chi connectivity index (χ3v) is 6.69. The quantitative estimate of drug-likeness (QED) is 0.497. The Morgan fingerprint density at radius 3 is 2.77 bits per heavy atom. The van der Waals surface area contributed by atoms with E-state index in [4.69, 9.17) is 0 Å². The topological polar surface area (TPSA) is 82.3 Å². The maximum atomic E-state index is 13.6. The molecular weight excluding hydrogens is 390 g/mol. The highest BCUT2D eigenvalue weighted by Gasteiger charge is 2.53. The highest BCUT2D eigenvalue weighted by atomic mass is 16.2. The van der Waals surface area contributed by atoms with Crippen LogP contribution in [0.4, 0.5) is 4.79 Å². The number of nitrogens with zero attached hydrogens (tertiary/aromatic N) is 1. The van der Waals surface area contributed by atoms with Crippen molar-refractivity contribution < 1.29 is 14.4 Å². The molecule has 2 aromatic carbocycles. The van der Waals surface area contributed by atoms with Gasteiger partial charge in [-0.15, -0.1) is 0 Å². The molecule has 2 N–H and O–H groups in total. The lowest BCUT2D eigenvalue weighted by Gasteiger charge is -2.27. The molecule has 158 valence electrons. The van der Waals surface area contributed by atoms with Gasteiger partial charge in [0, 0.05) is 22.7 Å². The van der Waals surface area contributed by atoms with E-state index < -0.39 is 11.6 Å². The Morgan fingerprint density at radius 1 is 1.10 bits per heavy atom. The Balaban J connectivity index is 1.47. The van der Waals surface area contributed by atoms with Gasteiger partial charge in [0.2, 0.25) is 0 Å². The van der Waals surface area contributed by atoms with Crippen molar-refractivity contribution in [2.45, 2.75) is 44.6 Å².